The fourth-order valence-electron chi connectivity index (χ4n) is 2.26. The molecule has 0 saturated heterocycles. The number of H-pyrrole nitrogens is 2. The van der Waals surface area contributed by atoms with Crippen molar-refractivity contribution in [1.29, 1.82) is 5.26 Å². The molecule has 2 heterocycles. The number of thiophene rings is 1. The second kappa shape index (κ2) is 7.82. The maximum atomic E-state index is 12.2. The van der Waals surface area contributed by atoms with Crippen molar-refractivity contribution < 1.29 is 4.79 Å². The number of nitriles is 1. The number of aromatic nitrogens is 2. The van der Waals surface area contributed by atoms with E-state index in [-0.39, 0.29) is 27.4 Å². The standard InChI is InChI=1S/C16H12N4O3S3/c1-24-10-5-3-2-4-9(10)18-11(21)7-25-15-8(6-17)12-13(26-15)14(22)20-16(23)19-12/h2-5H,7H2,1H3,(H,18,21)(H2,19,20,22,23). The first kappa shape index (κ1) is 18.3. The average molecular weight is 404 g/mol. The smallest absolute Gasteiger partial charge is 0.324 e. The topological polar surface area (TPSA) is 119 Å². The highest BCUT2D eigenvalue weighted by Gasteiger charge is 2.17. The zero-order valence-electron chi connectivity index (χ0n) is 13.4. The van der Waals surface area contributed by atoms with Crippen LogP contribution in [0.4, 0.5) is 5.69 Å². The summed E-state index contributed by atoms with van der Waals surface area (Å²) in [7, 11) is 0. The number of aromatic amines is 2. The molecule has 10 heteroatoms. The maximum absolute atomic E-state index is 12.2. The molecule has 26 heavy (non-hydrogen) atoms. The lowest BCUT2D eigenvalue weighted by molar-refractivity contribution is -0.113. The monoisotopic (exact) mass is 404 g/mol. The molecule has 0 spiro atoms. The minimum absolute atomic E-state index is 0.0757. The van der Waals surface area contributed by atoms with E-state index in [1.807, 2.05) is 36.6 Å². The lowest BCUT2D eigenvalue weighted by Gasteiger charge is -2.08. The summed E-state index contributed by atoms with van der Waals surface area (Å²) < 4.78 is 0.778. The summed E-state index contributed by atoms with van der Waals surface area (Å²) in [4.78, 5) is 41.1. The fourth-order valence-corrected chi connectivity index (χ4v) is 4.94. The van der Waals surface area contributed by atoms with Gasteiger partial charge in [-0.05, 0) is 18.4 Å². The van der Waals surface area contributed by atoms with E-state index >= 15 is 0 Å². The zero-order chi connectivity index (χ0) is 18.7. The number of hydrogen-bond donors (Lipinski definition) is 3. The Labute approximate surface area is 159 Å². The first-order chi connectivity index (χ1) is 12.5. The summed E-state index contributed by atoms with van der Waals surface area (Å²) in [5.74, 6) is -0.146. The lowest BCUT2D eigenvalue weighted by Crippen LogP contribution is -2.20. The number of rotatable bonds is 5. The van der Waals surface area contributed by atoms with Crippen LogP contribution in [-0.4, -0.2) is 27.9 Å². The van der Waals surface area contributed by atoms with E-state index < -0.39 is 11.2 Å². The van der Waals surface area contributed by atoms with Gasteiger partial charge in [-0.2, -0.15) is 5.26 Å². The van der Waals surface area contributed by atoms with E-state index in [1.165, 1.54) is 11.8 Å². The van der Waals surface area contributed by atoms with Crippen LogP contribution in [0.3, 0.4) is 0 Å². The van der Waals surface area contributed by atoms with Crippen LogP contribution in [0.25, 0.3) is 10.2 Å². The molecule has 0 saturated carbocycles. The minimum atomic E-state index is -0.667. The van der Waals surface area contributed by atoms with Crippen molar-refractivity contribution in [1.82, 2.24) is 9.97 Å². The Bertz CT molecular complexity index is 1140. The van der Waals surface area contributed by atoms with E-state index in [4.69, 9.17) is 0 Å². The van der Waals surface area contributed by atoms with Crippen LogP contribution in [-0.2, 0) is 4.79 Å². The molecule has 132 valence electrons. The Morgan fingerprint density at radius 1 is 1.31 bits per heavy atom. The second-order valence-electron chi connectivity index (χ2n) is 5.03. The number of hydrogen-bond acceptors (Lipinski definition) is 7. The number of benzene rings is 1. The largest absolute Gasteiger partial charge is 0.326 e. The Kier molecular flexibility index (Phi) is 5.51. The molecule has 3 rings (SSSR count). The van der Waals surface area contributed by atoms with Crippen molar-refractivity contribution in [3.8, 4) is 6.07 Å². The third kappa shape index (κ3) is 3.70. The normalized spacial score (nSPS) is 10.6. The van der Waals surface area contributed by atoms with Crippen molar-refractivity contribution in [3.63, 3.8) is 0 Å². The van der Waals surface area contributed by atoms with E-state index in [1.54, 1.807) is 0 Å². The van der Waals surface area contributed by atoms with E-state index in [0.717, 1.165) is 33.7 Å². The van der Waals surface area contributed by atoms with Crippen LogP contribution in [0.5, 0.6) is 0 Å². The van der Waals surface area contributed by atoms with Crippen LogP contribution in [0, 0.1) is 11.3 Å². The van der Waals surface area contributed by atoms with Gasteiger partial charge in [0, 0.05) is 4.90 Å². The molecular formula is C16H12N4O3S3. The number of anilines is 1. The van der Waals surface area contributed by atoms with Gasteiger partial charge in [0.1, 0.15) is 16.3 Å². The molecule has 1 amide bonds. The van der Waals surface area contributed by atoms with Gasteiger partial charge in [-0.1, -0.05) is 12.1 Å². The molecule has 0 radical (unpaired) electrons. The van der Waals surface area contributed by atoms with Crippen molar-refractivity contribution in [3.05, 3.63) is 50.7 Å². The van der Waals surface area contributed by atoms with Gasteiger partial charge in [-0.15, -0.1) is 34.9 Å². The predicted octanol–water partition coefficient (Wildman–Crippen LogP) is 2.60. The van der Waals surface area contributed by atoms with Crippen molar-refractivity contribution in [2.45, 2.75) is 9.10 Å². The summed E-state index contributed by atoms with van der Waals surface area (Å²) in [6.07, 6.45) is 1.93. The van der Waals surface area contributed by atoms with Gasteiger partial charge in [0.15, 0.2) is 0 Å². The van der Waals surface area contributed by atoms with Gasteiger partial charge in [0.05, 0.1) is 21.2 Å². The highest BCUT2D eigenvalue weighted by molar-refractivity contribution is 8.02. The molecule has 3 N–H and O–H groups in total. The fraction of sp³-hybridized carbons (Fsp3) is 0.125. The third-order valence-corrected chi connectivity index (χ3v) is 6.63. The van der Waals surface area contributed by atoms with Gasteiger partial charge in [0.2, 0.25) is 5.91 Å². The van der Waals surface area contributed by atoms with Crippen LogP contribution in [0.1, 0.15) is 5.56 Å². The Morgan fingerprint density at radius 3 is 2.81 bits per heavy atom. The molecule has 0 fully saturated rings. The van der Waals surface area contributed by atoms with E-state index in [2.05, 4.69) is 15.3 Å². The second-order valence-corrected chi connectivity index (χ2v) is 8.14. The average Bonchev–Trinajstić information content (AvgIpc) is 2.98. The number of amides is 1. The number of nitrogens with one attached hydrogen (secondary N) is 3. The molecule has 0 atom stereocenters. The number of thioether (sulfide) groups is 2. The summed E-state index contributed by atoms with van der Waals surface area (Å²) in [5, 5.41) is 12.2. The van der Waals surface area contributed by atoms with Gasteiger partial charge >= 0.3 is 5.69 Å². The van der Waals surface area contributed by atoms with Crippen LogP contribution in [0.15, 0.2) is 43.0 Å². The summed E-state index contributed by atoms with van der Waals surface area (Å²) in [6, 6.07) is 9.46. The SMILES string of the molecule is CSc1ccccc1NC(=O)CSc1sc2c(=O)[nH]c(=O)[nH]c2c1C#N. The maximum Gasteiger partial charge on any atom is 0.326 e. The molecule has 0 aliphatic rings. The highest BCUT2D eigenvalue weighted by atomic mass is 32.2. The van der Waals surface area contributed by atoms with Crippen molar-refractivity contribution >= 4 is 56.7 Å². The third-order valence-electron chi connectivity index (χ3n) is 3.37. The van der Waals surface area contributed by atoms with Gasteiger partial charge < -0.3 is 10.3 Å². The molecule has 0 aliphatic heterocycles. The molecule has 1 aromatic carbocycles. The number of fused-ring (bicyclic) bond motifs is 1. The minimum Gasteiger partial charge on any atom is -0.324 e. The predicted molar refractivity (Wildman–Crippen MR) is 105 cm³/mol. The first-order valence-electron chi connectivity index (χ1n) is 7.28. The quantitative estimate of drug-likeness (QED) is 0.563. The van der Waals surface area contributed by atoms with E-state index in [9.17, 15) is 19.6 Å². The molecule has 7 nitrogen and oxygen atoms in total. The molecule has 0 unspecified atom stereocenters. The number of carbonyl (C=O) groups is 1. The molecule has 0 aliphatic carbocycles. The molecular weight excluding hydrogens is 392 g/mol. The van der Waals surface area contributed by atoms with Crippen molar-refractivity contribution in [2.24, 2.45) is 0 Å². The number of nitrogens with zero attached hydrogens (tertiary/aromatic N) is 1. The number of carbonyl (C=O) groups excluding carboxylic acids is 1. The summed E-state index contributed by atoms with van der Waals surface area (Å²) in [6.45, 7) is 0. The Hall–Kier alpha value is -2.48. The molecule has 2 aromatic heterocycles. The summed E-state index contributed by atoms with van der Waals surface area (Å²) in [5.41, 5.74) is -0.0733. The van der Waals surface area contributed by atoms with Crippen LogP contribution < -0.4 is 16.6 Å². The van der Waals surface area contributed by atoms with Crippen molar-refractivity contribution in [2.75, 3.05) is 17.3 Å². The Morgan fingerprint density at radius 2 is 2.08 bits per heavy atom. The summed E-state index contributed by atoms with van der Waals surface area (Å²) >= 11 is 3.77. The lowest BCUT2D eigenvalue weighted by atomic mass is 10.3. The van der Waals surface area contributed by atoms with Crippen LogP contribution >= 0.6 is 34.9 Å². The van der Waals surface area contributed by atoms with Gasteiger partial charge in [-0.3, -0.25) is 14.6 Å². The number of para-hydroxylation sites is 1. The van der Waals surface area contributed by atoms with Gasteiger partial charge in [-0.25, -0.2) is 4.79 Å². The zero-order valence-corrected chi connectivity index (χ0v) is 15.9. The van der Waals surface area contributed by atoms with Crippen LogP contribution in [0.2, 0.25) is 0 Å². The molecule has 0 bridgehead atoms. The van der Waals surface area contributed by atoms with E-state index in [0.29, 0.717) is 4.21 Å². The Balaban J connectivity index is 1.81. The first-order valence-corrected chi connectivity index (χ1v) is 10.3. The molecule has 3 aromatic rings. The van der Waals surface area contributed by atoms with Gasteiger partial charge in [0.25, 0.3) is 5.56 Å². The highest BCUT2D eigenvalue weighted by Crippen LogP contribution is 2.35.